The maximum atomic E-state index is 13.1. The first-order valence-corrected chi connectivity index (χ1v) is 9.63. The van der Waals surface area contributed by atoms with Gasteiger partial charge in [-0.1, -0.05) is 30.3 Å². The lowest BCUT2D eigenvalue weighted by Gasteiger charge is -2.40. The molecule has 0 aliphatic carbocycles. The van der Waals surface area contributed by atoms with E-state index in [2.05, 4.69) is 4.98 Å². The van der Waals surface area contributed by atoms with E-state index < -0.39 is 12.0 Å². The van der Waals surface area contributed by atoms with Crippen molar-refractivity contribution in [3.05, 3.63) is 65.5 Å². The molecule has 0 radical (unpaired) electrons. The van der Waals surface area contributed by atoms with E-state index >= 15 is 0 Å². The molecule has 30 heavy (non-hydrogen) atoms. The molecule has 2 aromatic rings. The molecular weight excluding hydrogens is 384 g/mol. The Kier molecular flexibility index (Phi) is 5.19. The normalized spacial score (nSPS) is 22.9. The lowest BCUT2D eigenvalue weighted by molar-refractivity contribution is -0.147. The molecule has 1 aromatic heterocycles. The van der Waals surface area contributed by atoms with Crippen LogP contribution in [0.25, 0.3) is 0 Å². The van der Waals surface area contributed by atoms with Gasteiger partial charge in [0, 0.05) is 12.7 Å². The minimum atomic E-state index is -0.488. The topological polar surface area (TPSA) is 104 Å². The maximum Gasteiger partial charge on any atom is 0.311 e. The number of rotatable bonds is 3. The van der Waals surface area contributed by atoms with Gasteiger partial charge in [0.25, 0.3) is 5.91 Å². The van der Waals surface area contributed by atoms with Crippen LogP contribution in [0, 0.1) is 17.2 Å². The molecule has 2 aliphatic rings. The zero-order valence-electron chi connectivity index (χ0n) is 16.4. The highest BCUT2D eigenvalue weighted by Crippen LogP contribution is 2.43. The number of pyridine rings is 1. The van der Waals surface area contributed by atoms with Crippen molar-refractivity contribution in [1.29, 1.82) is 5.26 Å². The third-order valence-electron chi connectivity index (χ3n) is 5.70. The molecule has 2 amide bonds. The zero-order valence-corrected chi connectivity index (χ0v) is 16.4. The minimum Gasteiger partial charge on any atom is -0.469 e. The molecule has 8 nitrogen and oxygen atoms in total. The number of amides is 2. The molecule has 3 atom stereocenters. The van der Waals surface area contributed by atoms with Gasteiger partial charge in [-0.25, -0.2) is 4.98 Å². The molecule has 152 valence electrons. The monoisotopic (exact) mass is 404 g/mol. The Balaban J connectivity index is 1.60. The van der Waals surface area contributed by atoms with Gasteiger partial charge in [-0.3, -0.25) is 14.4 Å². The van der Waals surface area contributed by atoms with Gasteiger partial charge >= 0.3 is 5.97 Å². The SMILES string of the molecule is COC(=O)[C@H]1C[C@H]2CN(C(=O)c3ccc(C#N)nc3)CC(=O)N2[C@H]1c1ccccc1. The maximum absolute atomic E-state index is 13.1. The highest BCUT2D eigenvalue weighted by Gasteiger charge is 2.51. The number of ether oxygens (including phenoxy) is 1. The molecular formula is C22H20N4O4. The van der Waals surface area contributed by atoms with Gasteiger partial charge in [0.05, 0.1) is 30.7 Å². The Morgan fingerprint density at radius 1 is 1.20 bits per heavy atom. The second-order valence-electron chi connectivity index (χ2n) is 7.41. The predicted octanol–water partition coefficient (Wildman–Crippen LogP) is 1.54. The molecule has 2 fully saturated rings. The van der Waals surface area contributed by atoms with E-state index in [9.17, 15) is 14.4 Å². The Morgan fingerprint density at radius 3 is 2.60 bits per heavy atom. The van der Waals surface area contributed by atoms with E-state index in [1.165, 1.54) is 30.3 Å². The molecule has 2 aliphatic heterocycles. The van der Waals surface area contributed by atoms with Crippen LogP contribution in [0.5, 0.6) is 0 Å². The van der Waals surface area contributed by atoms with E-state index in [0.717, 1.165) is 5.56 Å². The Morgan fingerprint density at radius 2 is 1.97 bits per heavy atom. The smallest absolute Gasteiger partial charge is 0.311 e. The number of aromatic nitrogens is 1. The molecule has 0 spiro atoms. The quantitative estimate of drug-likeness (QED) is 0.719. The van der Waals surface area contributed by atoms with Gasteiger partial charge in [-0.2, -0.15) is 5.26 Å². The fourth-order valence-electron chi connectivity index (χ4n) is 4.39. The molecule has 1 aromatic carbocycles. The lowest BCUT2D eigenvalue weighted by Crippen LogP contribution is -2.55. The average Bonchev–Trinajstić information content (AvgIpc) is 3.19. The summed E-state index contributed by atoms with van der Waals surface area (Å²) in [7, 11) is 1.34. The molecule has 4 rings (SSSR count). The first-order valence-electron chi connectivity index (χ1n) is 9.63. The van der Waals surface area contributed by atoms with Gasteiger partial charge in [0.1, 0.15) is 18.3 Å². The zero-order chi connectivity index (χ0) is 21.3. The van der Waals surface area contributed by atoms with Crippen molar-refractivity contribution < 1.29 is 19.1 Å². The number of benzene rings is 1. The number of esters is 1. The molecule has 0 unspecified atom stereocenters. The Labute approximate surface area is 173 Å². The van der Waals surface area contributed by atoms with Gasteiger partial charge in [0.2, 0.25) is 5.91 Å². The van der Waals surface area contributed by atoms with Crippen LogP contribution < -0.4 is 0 Å². The van der Waals surface area contributed by atoms with Crippen LogP contribution in [0.2, 0.25) is 0 Å². The van der Waals surface area contributed by atoms with E-state index in [0.29, 0.717) is 18.5 Å². The van der Waals surface area contributed by atoms with Crippen molar-refractivity contribution in [3.63, 3.8) is 0 Å². The Hall–Kier alpha value is -3.73. The predicted molar refractivity (Wildman–Crippen MR) is 105 cm³/mol. The van der Waals surface area contributed by atoms with Gasteiger partial charge < -0.3 is 14.5 Å². The summed E-state index contributed by atoms with van der Waals surface area (Å²) in [6.07, 6.45) is 1.77. The van der Waals surface area contributed by atoms with E-state index in [-0.39, 0.29) is 36.1 Å². The van der Waals surface area contributed by atoms with Crippen molar-refractivity contribution in [3.8, 4) is 6.07 Å². The molecule has 3 heterocycles. The number of nitrogens with zero attached hydrogens (tertiary/aromatic N) is 4. The fraction of sp³-hybridized carbons (Fsp3) is 0.318. The first-order chi connectivity index (χ1) is 14.5. The summed E-state index contributed by atoms with van der Waals surface area (Å²) < 4.78 is 5.00. The minimum absolute atomic E-state index is 0.0768. The van der Waals surface area contributed by atoms with Crippen LogP contribution in [0.3, 0.4) is 0 Å². The largest absolute Gasteiger partial charge is 0.469 e. The third-order valence-corrected chi connectivity index (χ3v) is 5.70. The van der Waals surface area contributed by atoms with Crippen LogP contribution in [0.15, 0.2) is 48.7 Å². The summed E-state index contributed by atoms with van der Waals surface area (Å²) in [5.74, 6) is -1.38. The molecule has 8 heteroatoms. The second-order valence-corrected chi connectivity index (χ2v) is 7.41. The summed E-state index contributed by atoms with van der Waals surface area (Å²) in [6.45, 7) is 0.244. The van der Waals surface area contributed by atoms with E-state index in [4.69, 9.17) is 10.00 Å². The molecule has 0 bridgehead atoms. The molecule has 2 saturated heterocycles. The van der Waals surface area contributed by atoms with Crippen LogP contribution in [0.1, 0.15) is 34.1 Å². The Bertz CT molecular complexity index is 1020. The van der Waals surface area contributed by atoms with Gasteiger partial charge in [-0.15, -0.1) is 0 Å². The lowest BCUT2D eigenvalue weighted by atomic mass is 9.93. The van der Waals surface area contributed by atoms with Crippen molar-refractivity contribution in [2.75, 3.05) is 20.2 Å². The summed E-state index contributed by atoms with van der Waals surface area (Å²) in [5, 5.41) is 8.87. The van der Waals surface area contributed by atoms with Crippen molar-refractivity contribution in [2.24, 2.45) is 5.92 Å². The number of carbonyl (C=O) groups is 3. The van der Waals surface area contributed by atoms with Crippen LogP contribution in [0.4, 0.5) is 0 Å². The third kappa shape index (κ3) is 3.39. The van der Waals surface area contributed by atoms with Crippen LogP contribution in [-0.2, 0) is 14.3 Å². The number of methoxy groups -OCH3 is 1. The number of hydrogen-bond donors (Lipinski definition) is 0. The average molecular weight is 404 g/mol. The number of fused-ring (bicyclic) bond motifs is 1. The number of hydrogen-bond acceptors (Lipinski definition) is 6. The number of carbonyl (C=O) groups excluding carboxylic acids is 3. The summed E-state index contributed by atoms with van der Waals surface area (Å²) in [5.41, 5.74) is 1.41. The number of piperazine rings is 1. The summed E-state index contributed by atoms with van der Waals surface area (Å²) in [4.78, 5) is 45.6. The van der Waals surface area contributed by atoms with Crippen LogP contribution in [-0.4, -0.2) is 58.8 Å². The van der Waals surface area contributed by atoms with E-state index in [1.54, 1.807) is 4.90 Å². The van der Waals surface area contributed by atoms with Crippen LogP contribution >= 0.6 is 0 Å². The van der Waals surface area contributed by atoms with Crippen molar-refractivity contribution >= 4 is 17.8 Å². The van der Waals surface area contributed by atoms with Gasteiger partial charge in [-0.05, 0) is 24.1 Å². The molecule has 0 N–H and O–H groups in total. The summed E-state index contributed by atoms with van der Waals surface area (Å²) >= 11 is 0. The van der Waals surface area contributed by atoms with Crippen molar-refractivity contribution in [2.45, 2.75) is 18.5 Å². The number of nitriles is 1. The fourth-order valence-corrected chi connectivity index (χ4v) is 4.39. The summed E-state index contributed by atoms with van der Waals surface area (Å²) in [6, 6.07) is 13.6. The highest BCUT2D eigenvalue weighted by atomic mass is 16.5. The first kappa shape index (κ1) is 19.6. The molecule has 0 saturated carbocycles. The van der Waals surface area contributed by atoms with Crippen molar-refractivity contribution in [1.82, 2.24) is 14.8 Å². The van der Waals surface area contributed by atoms with Gasteiger partial charge in [0.15, 0.2) is 0 Å². The standard InChI is InChI=1S/C22H20N4O4/c1-30-22(29)18-9-17-12-25(21(28)15-7-8-16(10-23)24-11-15)13-19(27)26(17)20(18)14-5-3-2-4-6-14/h2-8,11,17-18,20H,9,12-13H2,1H3/t17-,18-,20-/m0/s1. The van der Waals surface area contributed by atoms with E-state index in [1.807, 2.05) is 36.4 Å². The second kappa shape index (κ2) is 7.95. The highest BCUT2D eigenvalue weighted by molar-refractivity contribution is 5.97.